The monoisotopic (exact) mass is 345 g/mol. The van der Waals surface area contributed by atoms with Crippen molar-refractivity contribution in [3.05, 3.63) is 36.7 Å². The predicted molar refractivity (Wildman–Crippen MR) is 66.5 cm³/mol. The van der Waals surface area contributed by atoms with Gasteiger partial charge in [-0.25, -0.2) is 4.79 Å². The average molecular weight is 346 g/mol. The zero-order chi connectivity index (χ0) is 11.8. The van der Waals surface area contributed by atoms with Gasteiger partial charge in [-0.05, 0) is 18.2 Å². The first-order valence-corrected chi connectivity index (χ1v) is 4.89. The number of carbonyl (C=O) groups excluding carboxylic acids is 2. The number of benzene rings is 1. The fourth-order valence-electron chi connectivity index (χ4n) is 0.999. The van der Waals surface area contributed by atoms with E-state index in [0.717, 1.165) is 0 Å². The molecule has 0 aliphatic carbocycles. The molecule has 1 rings (SSSR count). The Labute approximate surface area is 136 Å². The molecule has 0 bridgehead atoms. The van der Waals surface area contributed by atoms with Crippen molar-refractivity contribution in [2.24, 2.45) is 0 Å². The number of ether oxygens (including phenoxy) is 1. The molecule has 7 heteroatoms. The van der Waals surface area contributed by atoms with Gasteiger partial charge >= 0.3 is 6.03 Å². The maximum absolute atomic E-state index is 11.3. The Hall–Kier alpha value is -0.646. The number of nitrogens with one attached hydrogen (secondary N) is 2. The number of urea groups is 1. The molecular formula is C11H13ClN2O3Y-2. The van der Waals surface area contributed by atoms with Gasteiger partial charge in [-0.1, -0.05) is 24.1 Å². The molecule has 18 heavy (non-hydrogen) atoms. The number of hydrogen-bond donors (Lipinski definition) is 2. The summed E-state index contributed by atoms with van der Waals surface area (Å²) in [6.07, 6.45) is 0. The molecule has 0 aliphatic rings. The summed E-state index contributed by atoms with van der Waals surface area (Å²) in [6, 6.07) is 6.37. The Morgan fingerprint density at radius 3 is 2.78 bits per heavy atom. The average Bonchev–Trinajstić information content (AvgIpc) is 2.24. The molecular weight excluding hydrogens is 332 g/mol. The van der Waals surface area contributed by atoms with E-state index in [-0.39, 0.29) is 53.3 Å². The van der Waals surface area contributed by atoms with Crippen molar-refractivity contribution in [2.75, 3.05) is 18.5 Å². The first-order chi connectivity index (χ1) is 7.72. The summed E-state index contributed by atoms with van der Waals surface area (Å²) in [5, 5.41) is 5.60. The molecule has 1 radical (unpaired) electrons. The van der Waals surface area contributed by atoms with Crippen LogP contribution in [0.2, 0.25) is 5.02 Å². The minimum absolute atomic E-state index is 0. The molecule has 0 aromatic heterocycles. The number of halogens is 1. The van der Waals surface area contributed by atoms with Crippen LogP contribution in [0.4, 0.5) is 10.5 Å². The number of hydrogen-bond acceptors (Lipinski definition) is 3. The van der Waals surface area contributed by atoms with Crippen molar-refractivity contribution in [1.29, 1.82) is 0 Å². The maximum Gasteiger partial charge on any atom is 0.319 e. The second-order valence-corrected chi connectivity index (χ2v) is 3.26. The number of anilines is 1. The Balaban J connectivity index is 0. The fraction of sp³-hybridized carbons (Fsp3) is 0.182. The molecule has 0 atom stereocenters. The van der Waals surface area contributed by atoms with Crippen molar-refractivity contribution < 1.29 is 47.0 Å². The second-order valence-electron chi connectivity index (χ2n) is 2.82. The van der Waals surface area contributed by atoms with Gasteiger partial charge in [-0.2, -0.15) is 0 Å². The van der Waals surface area contributed by atoms with Crippen molar-refractivity contribution in [1.82, 2.24) is 5.32 Å². The summed E-state index contributed by atoms with van der Waals surface area (Å²) in [5.41, 5.74) is 0.591. The van der Waals surface area contributed by atoms with E-state index in [0.29, 0.717) is 10.7 Å². The molecule has 0 aliphatic heterocycles. The fourth-order valence-corrected chi connectivity index (χ4v) is 1.19. The molecule has 0 spiro atoms. The van der Waals surface area contributed by atoms with Gasteiger partial charge in [0.05, 0.1) is 6.61 Å². The molecule has 5 nitrogen and oxygen atoms in total. The van der Waals surface area contributed by atoms with E-state index < -0.39 is 6.03 Å². The number of carbonyl (C=O) groups is 1. The summed E-state index contributed by atoms with van der Waals surface area (Å²) in [7, 11) is 0. The van der Waals surface area contributed by atoms with Gasteiger partial charge in [0.25, 0.3) is 0 Å². The predicted octanol–water partition coefficient (Wildman–Crippen LogP) is 1.99. The molecule has 1 aromatic carbocycles. The summed E-state index contributed by atoms with van der Waals surface area (Å²) >= 11 is 5.74. The summed E-state index contributed by atoms with van der Waals surface area (Å²) in [4.78, 5) is 21.0. The number of rotatable bonds is 5. The summed E-state index contributed by atoms with van der Waals surface area (Å²) in [6.45, 7) is 1.57. The SMILES string of the molecule is O=[C-]OCCNC(=O)Nc1cccc(Cl)c1.[CH3-].[Y]. The minimum Gasteiger partial charge on any atom is -0.651 e. The number of amides is 2. The van der Waals surface area contributed by atoms with E-state index in [4.69, 9.17) is 11.6 Å². The molecule has 2 N–H and O–H groups in total. The zero-order valence-corrected chi connectivity index (χ0v) is 13.5. The van der Waals surface area contributed by atoms with Crippen LogP contribution in [0.5, 0.6) is 0 Å². The minimum atomic E-state index is -0.392. The van der Waals surface area contributed by atoms with Crippen LogP contribution in [0.25, 0.3) is 0 Å². The van der Waals surface area contributed by atoms with Gasteiger partial charge in [-0.15, -0.1) is 0 Å². The van der Waals surface area contributed by atoms with Crippen LogP contribution in [0.15, 0.2) is 24.3 Å². The van der Waals surface area contributed by atoms with Gasteiger partial charge in [0.15, 0.2) is 0 Å². The van der Waals surface area contributed by atoms with Crippen molar-refractivity contribution in [3.8, 4) is 0 Å². The van der Waals surface area contributed by atoms with Crippen molar-refractivity contribution in [2.45, 2.75) is 0 Å². The van der Waals surface area contributed by atoms with E-state index >= 15 is 0 Å². The van der Waals surface area contributed by atoms with Gasteiger partial charge in [0.1, 0.15) is 0 Å². The molecule has 2 amide bonds. The summed E-state index contributed by atoms with van der Waals surface area (Å²) < 4.78 is 4.28. The Morgan fingerprint density at radius 1 is 1.44 bits per heavy atom. The molecule has 0 unspecified atom stereocenters. The molecule has 0 fully saturated rings. The Bertz CT molecular complexity index is 377. The van der Waals surface area contributed by atoms with E-state index in [1.54, 1.807) is 24.3 Å². The Morgan fingerprint density at radius 2 is 2.17 bits per heavy atom. The van der Waals surface area contributed by atoms with Crippen LogP contribution in [-0.2, 0) is 42.2 Å². The van der Waals surface area contributed by atoms with Crippen LogP contribution >= 0.6 is 11.6 Å². The maximum atomic E-state index is 11.3. The molecule has 0 saturated carbocycles. The van der Waals surface area contributed by atoms with Gasteiger partial charge in [-0.3, -0.25) is 0 Å². The molecule has 1 aromatic rings. The largest absolute Gasteiger partial charge is 0.651 e. The molecule has 97 valence electrons. The first-order valence-electron chi connectivity index (χ1n) is 4.51. The van der Waals surface area contributed by atoms with Crippen LogP contribution in [0.3, 0.4) is 0 Å². The first kappa shape index (κ1) is 19.7. The van der Waals surface area contributed by atoms with Gasteiger partial charge < -0.3 is 27.6 Å². The standard InChI is InChI=1S/C10H10ClN2O3.CH3.Y/c11-8-2-1-3-9(6-8)13-10(15)12-4-5-16-7-14;;/h1-3,6H,4-5H2,(H2,12,13,15);1H3;/q2*-1;. The van der Waals surface area contributed by atoms with Gasteiger partial charge in [0.2, 0.25) is 0 Å². The topological polar surface area (TPSA) is 67.4 Å². The van der Waals surface area contributed by atoms with Crippen molar-refractivity contribution >= 4 is 29.8 Å². The summed E-state index contributed by atoms with van der Waals surface area (Å²) in [5.74, 6) is 0. The van der Waals surface area contributed by atoms with E-state index in [9.17, 15) is 9.59 Å². The molecule has 0 saturated heterocycles. The zero-order valence-electron chi connectivity index (χ0n) is 9.90. The van der Waals surface area contributed by atoms with E-state index in [2.05, 4.69) is 15.4 Å². The van der Waals surface area contributed by atoms with E-state index in [1.807, 2.05) is 0 Å². The van der Waals surface area contributed by atoms with E-state index in [1.165, 1.54) is 6.47 Å². The normalized spacial score (nSPS) is 8.28. The smallest absolute Gasteiger partial charge is 0.319 e. The quantitative estimate of drug-likeness (QED) is 0.633. The van der Waals surface area contributed by atoms with Crippen molar-refractivity contribution in [3.63, 3.8) is 0 Å². The third-order valence-electron chi connectivity index (χ3n) is 1.63. The van der Waals surface area contributed by atoms with Crippen LogP contribution < -0.4 is 10.6 Å². The third-order valence-corrected chi connectivity index (χ3v) is 1.87. The van der Waals surface area contributed by atoms with Crippen LogP contribution in [0, 0.1) is 7.43 Å². The van der Waals surface area contributed by atoms with Gasteiger partial charge in [0, 0.05) is 50.0 Å². The Kier molecular flexibility index (Phi) is 12.5. The third kappa shape index (κ3) is 8.45. The van der Waals surface area contributed by atoms with Crippen LogP contribution in [0.1, 0.15) is 0 Å². The van der Waals surface area contributed by atoms with Crippen LogP contribution in [-0.4, -0.2) is 25.7 Å². The molecule has 0 heterocycles. The second kappa shape index (κ2) is 11.4.